The summed E-state index contributed by atoms with van der Waals surface area (Å²) in [6.45, 7) is 1.79. The van der Waals surface area contributed by atoms with Gasteiger partial charge in [0.1, 0.15) is 5.82 Å². The fourth-order valence-corrected chi connectivity index (χ4v) is 2.13. The molecule has 0 spiro atoms. The number of alkyl halides is 3. The zero-order valence-electron chi connectivity index (χ0n) is 11.4. The molecule has 1 aromatic rings. The lowest BCUT2D eigenvalue weighted by Gasteiger charge is -2.16. The van der Waals surface area contributed by atoms with Crippen molar-refractivity contribution in [2.45, 2.75) is 25.6 Å². The van der Waals surface area contributed by atoms with Crippen molar-refractivity contribution in [1.82, 2.24) is 9.97 Å². The van der Waals surface area contributed by atoms with Crippen LogP contribution < -0.4 is 10.6 Å². The summed E-state index contributed by atoms with van der Waals surface area (Å²) in [4.78, 5) is 7.29. The van der Waals surface area contributed by atoms with Crippen molar-refractivity contribution in [3.05, 3.63) is 11.8 Å². The predicted octanol–water partition coefficient (Wildman–Crippen LogP) is 2.11. The Hall–Kier alpha value is -1.38. The molecule has 5 nitrogen and oxygen atoms in total. The van der Waals surface area contributed by atoms with Crippen LogP contribution in [0.3, 0.4) is 0 Å². The van der Waals surface area contributed by atoms with Crippen LogP contribution in [0.2, 0.25) is 0 Å². The van der Waals surface area contributed by atoms with E-state index in [1.54, 1.807) is 13.2 Å². The molecule has 0 aliphatic rings. The molecule has 0 aliphatic heterocycles. The number of rotatable bonds is 6. The maximum Gasteiger partial charge on any atom is 0.433 e. The van der Waals surface area contributed by atoms with E-state index >= 15 is 0 Å². The molecule has 0 saturated carbocycles. The highest BCUT2D eigenvalue weighted by atomic mass is 32.2. The van der Waals surface area contributed by atoms with Gasteiger partial charge in [0.15, 0.2) is 5.69 Å². The largest absolute Gasteiger partial charge is 0.433 e. The summed E-state index contributed by atoms with van der Waals surface area (Å²) in [7, 11) is 0.514. The Morgan fingerprint density at radius 1 is 1.40 bits per heavy atom. The molecule has 2 atom stereocenters. The third kappa shape index (κ3) is 5.32. The van der Waals surface area contributed by atoms with Crippen molar-refractivity contribution < 1.29 is 17.4 Å². The monoisotopic (exact) mass is 310 g/mol. The molecule has 0 fully saturated rings. The number of nitrogens with zero attached hydrogens (tertiary/aromatic N) is 2. The lowest BCUT2D eigenvalue weighted by Crippen LogP contribution is -2.20. The van der Waals surface area contributed by atoms with Crippen molar-refractivity contribution >= 4 is 22.6 Å². The Morgan fingerprint density at radius 2 is 2.05 bits per heavy atom. The van der Waals surface area contributed by atoms with Gasteiger partial charge in [-0.2, -0.15) is 18.2 Å². The van der Waals surface area contributed by atoms with Crippen LogP contribution in [0.15, 0.2) is 6.07 Å². The lowest BCUT2D eigenvalue weighted by atomic mass is 10.2. The van der Waals surface area contributed by atoms with Crippen molar-refractivity contribution in [3.63, 3.8) is 0 Å². The van der Waals surface area contributed by atoms with Gasteiger partial charge < -0.3 is 10.6 Å². The number of nitrogens with one attached hydrogen (secondary N) is 2. The second-order valence-corrected chi connectivity index (χ2v) is 5.88. The number of halogens is 3. The van der Waals surface area contributed by atoms with Gasteiger partial charge in [-0.15, -0.1) is 0 Å². The normalized spacial score (nSPS) is 14.7. The van der Waals surface area contributed by atoms with Gasteiger partial charge in [0, 0.05) is 42.0 Å². The second-order valence-electron chi connectivity index (χ2n) is 4.32. The first kappa shape index (κ1) is 16.7. The lowest BCUT2D eigenvalue weighted by molar-refractivity contribution is -0.141. The molecule has 0 saturated heterocycles. The molecule has 0 aromatic carbocycles. The van der Waals surface area contributed by atoms with Gasteiger partial charge in [-0.3, -0.25) is 4.21 Å². The van der Waals surface area contributed by atoms with E-state index in [2.05, 4.69) is 20.6 Å². The first-order chi connectivity index (χ1) is 9.22. The topological polar surface area (TPSA) is 66.9 Å². The molecule has 1 heterocycles. The first-order valence-corrected chi connectivity index (χ1v) is 7.65. The fraction of sp³-hybridized carbons (Fsp3) is 0.636. The predicted molar refractivity (Wildman–Crippen MR) is 73.2 cm³/mol. The minimum atomic E-state index is -4.53. The summed E-state index contributed by atoms with van der Waals surface area (Å²) >= 11 is 0. The van der Waals surface area contributed by atoms with E-state index in [1.807, 2.05) is 0 Å². The van der Waals surface area contributed by atoms with Crippen molar-refractivity contribution in [2.75, 3.05) is 29.7 Å². The zero-order chi connectivity index (χ0) is 15.3. The molecular formula is C11H17F3N4OS. The molecule has 20 heavy (non-hydrogen) atoms. The summed E-state index contributed by atoms with van der Waals surface area (Å²) in [5.74, 6) is 0.462. The minimum absolute atomic E-state index is 0.0889. The van der Waals surface area contributed by atoms with Gasteiger partial charge in [0.2, 0.25) is 5.95 Å². The van der Waals surface area contributed by atoms with E-state index in [9.17, 15) is 17.4 Å². The third-order valence-electron chi connectivity index (χ3n) is 2.47. The summed E-state index contributed by atoms with van der Waals surface area (Å²) < 4.78 is 49.1. The number of hydrogen-bond acceptors (Lipinski definition) is 5. The van der Waals surface area contributed by atoms with E-state index in [-0.39, 0.29) is 17.8 Å². The molecule has 0 radical (unpaired) electrons. The fourth-order valence-electron chi connectivity index (χ4n) is 1.45. The SMILES string of the molecule is CNc1nc(NC(C)CCS(C)=O)cc(C(F)(F)F)n1. The van der Waals surface area contributed by atoms with Crippen LogP contribution in [0.4, 0.5) is 24.9 Å². The standard InChI is InChI=1S/C11H17F3N4OS/c1-7(4-5-20(3)19)16-9-6-8(11(12,13)14)17-10(15-2)18-9/h6-7H,4-5H2,1-3H3,(H2,15,16,17,18). The van der Waals surface area contributed by atoms with E-state index in [0.717, 1.165) is 6.07 Å². The quantitative estimate of drug-likeness (QED) is 0.842. The average molecular weight is 310 g/mol. The van der Waals surface area contributed by atoms with Crippen LogP contribution in [-0.2, 0) is 17.0 Å². The number of hydrogen-bond donors (Lipinski definition) is 2. The second kappa shape index (κ2) is 6.87. The Balaban J connectivity index is 2.86. The Kier molecular flexibility index (Phi) is 5.73. The maximum atomic E-state index is 12.7. The van der Waals surface area contributed by atoms with E-state index in [4.69, 9.17) is 0 Å². The summed E-state index contributed by atoms with van der Waals surface area (Å²) in [6, 6.07) is 0.722. The molecule has 1 rings (SSSR count). The average Bonchev–Trinajstić information content (AvgIpc) is 2.34. The van der Waals surface area contributed by atoms with Crippen LogP contribution in [0.1, 0.15) is 19.0 Å². The Morgan fingerprint density at radius 3 is 2.55 bits per heavy atom. The molecular weight excluding hydrogens is 293 g/mol. The molecule has 114 valence electrons. The Bertz CT molecular complexity index is 481. The van der Waals surface area contributed by atoms with Crippen LogP contribution in [0.25, 0.3) is 0 Å². The number of anilines is 2. The van der Waals surface area contributed by atoms with Gasteiger partial charge >= 0.3 is 6.18 Å². The molecule has 0 amide bonds. The molecule has 0 bridgehead atoms. The summed E-state index contributed by atoms with van der Waals surface area (Å²) in [5.41, 5.74) is -1.01. The summed E-state index contributed by atoms with van der Waals surface area (Å²) in [5, 5.41) is 5.35. The van der Waals surface area contributed by atoms with Gasteiger partial charge in [0.05, 0.1) is 0 Å². The maximum absolute atomic E-state index is 12.7. The van der Waals surface area contributed by atoms with Gasteiger partial charge in [-0.05, 0) is 13.3 Å². The van der Waals surface area contributed by atoms with Crippen molar-refractivity contribution in [3.8, 4) is 0 Å². The van der Waals surface area contributed by atoms with E-state index < -0.39 is 22.7 Å². The Labute approximate surface area is 117 Å². The highest BCUT2D eigenvalue weighted by Gasteiger charge is 2.33. The van der Waals surface area contributed by atoms with Crippen molar-refractivity contribution in [1.29, 1.82) is 0 Å². The van der Waals surface area contributed by atoms with Crippen molar-refractivity contribution in [2.24, 2.45) is 0 Å². The smallest absolute Gasteiger partial charge is 0.367 e. The third-order valence-corrected chi connectivity index (χ3v) is 3.28. The molecule has 0 aliphatic carbocycles. The molecule has 1 aromatic heterocycles. The van der Waals surface area contributed by atoms with Crippen LogP contribution in [-0.4, -0.2) is 39.3 Å². The summed E-state index contributed by atoms with van der Waals surface area (Å²) in [6.07, 6.45) is -2.37. The molecule has 9 heteroatoms. The van der Waals surface area contributed by atoms with Gasteiger partial charge in [-0.25, -0.2) is 4.98 Å². The first-order valence-electron chi connectivity index (χ1n) is 5.93. The van der Waals surface area contributed by atoms with E-state index in [1.165, 1.54) is 7.05 Å². The van der Waals surface area contributed by atoms with E-state index in [0.29, 0.717) is 12.2 Å². The van der Waals surface area contributed by atoms with Crippen LogP contribution in [0.5, 0.6) is 0 Å². The highest BCUT2D eigenvalue weighted by molar-refractivity contribution is 7.84. The zero-order valence-corrected chi connectivity index (χ0v) is 12.2. The van der Waals surface area contributed by atoms with Gasteiger partial charge in [-0.1, -0.05) is 0 Å². The molecule has 2 unspecified atom stereocenters. The minimum Gasteiger partial charge on any atom is -0.367 e. The van der Waals surface area contributed by atoms with Crippen LogP contribution >= 0.6 is 0 Å². The molecule has 2 N–H and O–H groups in total. The van der Waals surface area contributed by atoms with Crippen LogP contribution in [0, 0.1) is 0 Å². The number of aromatic nitrogens is 2. The van der Waals surface area contributed by atoms with Gasteiger partial charge in [0.25, 0.3) is 0 Å². The highest BCUT2D eigenvalue weighted by Crippen LogP contribution is 2.29.